The molecule has 0 aliphatic heterocycles. The molecule has 174 valence electrons. The van der Waals surface area contributed by atoms with E-state index in [2.05, 4.69) is 20.2 Å². The van der Waals surface area contributed by atoms with E-state index in [1.165, 1.54) is 0 Å². The number of amidine groups is 1. The largest absolute Gasteiger partial charge is 0.415 e. The molecular formula is C23H28N6O3S. The molecule has 0 amide bonds. The molecule has 9 nitrogen and oxygen atoms in total. The first-order valence-corrected chi connectivity index (χ1v) is 11.7. The third-order valence-corrected chi connectivity index (χ3v) is 7.30. The summed E-state index contributed by atoms with van der Waals surface area (Å²) in [6.07, 6.45) is 1.61. The summed E-state index contributed by atoms with van der Waals surface area (Å²) in [6, 6.07) is 13.4. The molecule has 0 aliphatic carbocycles. The van der Waals surface area contributed by atoms with Gasteiger partial charge in [-0.15, -0.1) is 10.2 Å². The van der Waals surface area contributed by atoms with Crippen LogP contribution in [0.25, 0.3) is 34.3 Å². The van der Waals surface area contributed by atoms with E-state index in [4.69, 9.17) is 15.6 Å². The molecule has 2 aromatic carbocycles. The van der Waals surface area contributed by atoms with E-state index < -0.39 is 15.1 Å². The molecule has 0 saturated carbocycles. The number of aromatic nitrogens is 4. The van der Waals surface area contributed by atoms with Crippen LogP contribution in [0.3, 0.4) is 0 Å². The van der Waals surface area contributed by atoms with Gasteiger partial charge in [0.2, 0.25) is 5.89 Å². The molecule has 4 aromatic rings. The highest BCUT2D eigenvalue weighted by Gasteiger charge is 2.20. The van der Waals surface area contributed by atoms with Crippen LogP contribution < -0.4 is 5.73 Å². The van der Waals surface area contributed by atoms with E-state index >= 15 is 0 Å². The number of nitrogens with zero attached hydrogens (tertiary/aromatic N) is 4. The third-order valence-electron chi connectivity index (χ3n) is 5.13. The van der Waals surface area contributed by atoms with Gasteiger partial charge in [-0.1, -0.05) is 24.3 Å². The molecule has 3 N–H and O–H groups in total. The fourth-order valence-electron chi connectivity index (χ4n) is 3.11. The van der Waals surface area contributed by atoms with Crippen LogP contribution in [0, 0.1) is 12.3 Å². The van der Waals surface area contributed by atoms with Crippen molar-refractivity contribution in [1.29, 1.82) is 5.41 Å². The van der Waals surface area contributed by atoms with Gasteiger partial charge < -0.3 is 10.2 Å². The van der Waals surface area contributed by atoms with Gasteiger partial charge in [0.15, 0.2) is 9.84 Å². The first-order valence-electron chi connectivity index (χ1n) is 10.1. The predicted octanol–water partition coefficient (Wildman–Crippen LogP) is 4.37. The Kier molecular flexibility index (Phi) is 5.77. The van der Waals surface area contributed by atoms with E-state index in [1.54, 1.807) is 75.5 Å². The Morgan fingerprint density at radius 3 is 2.21 bits per heavy atom. The summed E-state index contributed by atoms with van der Waals surface area (Å²) in [5.41, 5.74) is 9.08. The van der Waals surface area contributed by atoms with Gasteiger partial charge in [-0.25, -0.2) is 13.4 Å². The van der Waals surface area contributed by atoms with Crippen LogP contribution in [0.4, 0.5) is 0 Å². The number of benzene rings is 2. The zero-order valence-electron chi connectivity index (χ0n) is 18.3. The highest BCUT2D eigenvalue weighted by atomic mass is 32.2. The SMILES string of the molecule is Cc1ncc(-c2ccc(S(=O)(=O)C(C)C)cc2)nc1-c1nnc(-c2ccc(C(=N)N)cc2)o1.[HH].[HH].[HH]. The van der Waals surface area contributed by atoms with Gasteiger partial charge in [-0.2, -0.15) is 0 Å². The summed E-state index contributed by atoms with van der Waals surface area (Å²) in [5.74, 6) is 0.492. The first-order chi connectivity index (χ1) is 15.7. The van der Waals surface area contributed by atoms with E-state index in [1.807, 2.05) is 0 Å². The van der Waals surface area contributed by atoms with Crippen molar-refractivity contribution in [2.45, 2.75) is 30.9 Å². The maximum Gasteiger partial charge on any atom is 0.268 e. The number of nitrogens with two attached hydrogens (primary N) is 1. The maximum absolute atomic E-state index is 12.4. The van der Waals surface area contributed by atoms with Gasteiger partial charge in [0, 0.05) is 21.0 Å². The molecule has 2 heterocycles. The number of nitrogen functional groups attached to an aromatic ring is 1. The van der Waals surface area contributed by atoms with E-state index in [0.29, 0.717) is 39.7 Å². The fourth-order valence-corrected chi connectivity index (χ4v) is 4.17. The van der Waals surface area contributed by atoms with Crippen molar-refractivity contribution in [2.75, 3.05) is 0 Å². The fraction of sp³-hybridized carbons (Fsp3) is 0.174. The number of rotatable bonds is 6. The number of nitrogens with one attached hydrogen (secondary N) is 1. The lowest BCUT2D eigenvalue weighted by Gasteiger charge is -2.09. The van der Waals surface area contributed by atoms with Gasteiger partial charge >= 0.3 is 0 Å². The van der Waals surface area contributed by atoms with Gasteiger partial charge in [-0.05, 0) is 45.0 Å². The molecule has 0 radical (unpaired) electrons. The van der Waals surface area contributed by atoms with Crippen molar-refractivity contribution in [3.63, 3.8) is 0 Å². The van der Waals surface area contributed by atoms with Crippen LogP contribution in [0.5, 0.6) is 0 Å². The normalized spacial score (nSPS) is 11.6. The molecule has 0 fully saturated rings. The van der Waals surface area contributed by atoms with Gasteiger partial charge in [0.25, 0.3) is 5.89 Å². The van der Waals surface area contributed by atoms with Crippen LogP contribution in [0.15, 0.2) is 64.0 Å². The van der Waals surface area contributed by atoms with Crippen LogP contribution >= 0.6 is 0 Å². The summed E-state index contributed by atoms with van der Waals surface area (Å²) >= 11 is 0. The van der Waals surface area contributed by atoms with Crippen molar-refractivity contribution >= 4 is 15.7 Å². The van der Waals surface area contributed by atoms with Crippen molar-refractivity contribution in [3.8, 4) is 34.3 Å². The average Bonchev–Trinajstić information content (AvgIpc) is 3.29. The van der Waals surface area contributed by atoms with E-state index in [9.17, 15) is 8.42 Å². The Morgan fingerprint density at radius 1 is 1.00 bits per heavy atom. The molecule has 0 unspecified atom stereocenters. The zero-order valence-corrected chi connectivity index (χ0v) is 19.1. The molecule has 0 atom stereocenters. The molecule has 4 rings (SSSR count). The second kappa shape index (κ2) is 8.55. The van der Waals surface area contributed by atoms with Gasteiger partial charge in [0.05, 0.1) is 27.7 Å². The lowest BCUT2D eigenvalue weighted by molar-refractivity contribution is 0.581. The predicted molar refractivity (Wildman–Crippen MR) is 131 cm³/mol. The minimum absolute atomic E-state index is 0. The number of sulfone groups is 1. The van der Waals surface area contributed by atoms with Gasteiger partial charge in [0.1, 0.15) is 11.5 Å². The van der Waals surface area contributed by atoms with Crippen molar-refractivity contribution in [2.24, 2.45) is 5.73 Å². The Balaban J connectivity index is 0.00000216. The summed E-state index contributed by atoms with van der Waals surface area (Å²) in [7, 11) is -3.35. The molecule has 0 bridgehead atoms. The Hall–Kier alpha value is -3.92. The summed E-state index contributed by atoms with van der Waals surface area (Å²) < 4.78 is 30.6. The van der Waals surface area contributed by atoms with Crippen LogP contribution in [-0.2, 0) is 9.84 Å². The maximum atomic E-state index is 12.4. The minimum Gasteiger partial charge on any atom is -0.415 e. The summed E-state index contributed by atoms with van der Waals surface area (Å²) in [4.78, 5) is 9.29. The third kappa shape index (κ3) is 4.37. The lowest BCUT2D eigenvalue weighted by Crippen LogP contribution is -2.13. The highest BCUT2D eigenvalue weighted by Crippen LogP contribution is 2.27. The van der Waals surface area contributed by atoms with Crippen LogP contribution in [0.2, 0.25) is 0 Å². The minimum atomic E-state index is -3.35. The van der Waals surface area contributed by atoms with Crippen molar-refractivity contribution < 1.29 is 17.1 Å². The summed E-state index contributed by atoms with van der Waals surface area (Å²) in [6.45, 7) is 5.09. The Morgan fingerprint density at radius 2 is 1.61 bits per heavy atom. The number of aryl methyl sites for hydroxylation is 1. The second-order valence-electron chi connectivity index (χ2n) is 7.71. The Bertz CT molecular complexity index is 1440. The molecular weight excluding hydrogens is 440 g/mol. The smallest absolute Gasteiger partial charge is 0.268 e. The lowest BCUT2D eigenvalue weighted by atomic mass is 10.1. The van der Waals surface area contributed by atoms with Gasteiger partial charge in [-0.3, -0.25) is 10.4 Å². The second-order valence-corrected chi connectivity index (χ2v) is 10.2. The average molecular weight is 469 g/mol. The van der Waals surface area contributed by atoms with Crippen molar-refractivity contribution in [3.05, 3.63) is 66.0 Å². The van der Waals surface area contributed by atoms with Crippen LogP contribution in [0.1, 0.15) is 29.4 Å². The first kappa shape index (κ1) is 22.3. The molecule has 0 saturated heterocycles. The quantitative estimate of drug-likeness (QED) is 0.313. The molecule has 0 aliphatic rings. The number of hydrogen-bond acceptors (Lipinski definition) is 8. The monoisotopic (exact) mass is 468 g/mol. The molecule has 2 aromatic heterocycles. The van der Waals surface area contributed by atoms with E-state index in [-0.39, 0.29) is 20.9 Å². The molecule has 0 spiro atoms. The summed E-state index contributed by atoms with van der Waals surface area (Å²) in [5, 5.41) is 15.2. The zero-order chi connectivity index (χ0) is 23.8. The standard InChI is InChI=1S/C23H22N6O3S.3H2/c1-13(2)33(30,31)18-10-8-15(9-11-18)19-12-26-14(3)20(27-19)23-29-28-22(32-23)17-6-4-16(5-7-17)21(24)25;;;/h4-13H,1-3H3,(H3,24,25);3*1H. The highest BCUT2D eigenvalue weighted by molar-refractivity contribution is 7.92. The number of hydrogen-bond donors (Lipinski definition) is 2. The molecule has 10 heteroatoms. The van der Waals surface area contributed by atoms with Crippen LogP contribution in [-0.4, -0.2) is 39.7 Å². The molecule has 33 heavy (non-hydrogen) atoms. The Labute approximate surface area is 195 Å². The topological polar surface area (TPSA) is 149 Å². The van der Waals surface area contributed by atoms with Crippen molar-refractivity contribution in [1.82, 2.24) is 20.2 Å². The van der Waals surface area contributed by atoms with E-state index in [0.717, 1.165) is 0 Å².